The van der Waals surface area contributed by atoms with Crippen LogP contribution in [-0.4, -0.2) is 43.8 Å². The van der Waals surface area contributed by atoms with E-state index in [1.807, 2.05) is 11.5 Å². The maximum absolute atomic E-state index is 15.5. The molecule has 1 aliphatic rings. The zero-order valence-corrected chi connectivity index (χ0v) is 24.1. The molecule has 1 N–H and O–H groups in total. The number of benzene rings is 2. The molecule has 15 heteroatoms. The first-order chi connectivity index (χ1) is 21.4. The highest BCUT2D eigenvalue weighted by atomic mass is 32.1. The van der Waals surface area contributed by atoms with Crippen LogP contribution in [0.3, 0.4) is 0 Å². The van der Waals surface area contributed by atoms with Gasteiger partial charge in [-0.25, -0.2) is 32.9 Å². The lowest BCUT2D eigenvalue weighted by molar-refractivity contribution is -0.134. The average Bonchev–Trinajstić information content (AvgIpc) is 3.72. The summed E-state index contributed by atoms with van der Waals surface area (Å²) in [4.78, 5) is 22.8. The van der Waals surface area contributed by atoms with Gasteiger partial charge >= 0.3 is 12.1 Å². The van der Waals surface area contributed by atoms with Crippen LogP contribution in [0, 0.1) is 23.4 Å². The van der Waals surface area contributed by atoms with Crippen molar-refractivity contribution in [3.05, 3.63) is 92.9 Å². The summed E-state index contributed by atoms with van der Waals surface area (Å²) in [6.45, 7) is 2.24. The van der Waals surface area contributed by atoms with Gasteiger partial charge in [0.1, 0.15) is 34.0 Å². The first kappa shape index (κ1) is 30.5. The Morgan fingerprint density at radius 1 is 1.07 bits per heavy atom. The topological polar surface area (TPSA) is 99.4 Å². The van der Waals surface area contributed by atoms with Gasteiger partial charge in [-0.15, -0.1) is 11.3 Å². The molecule has 0 spiro atoms. The zero-order valence-electron chi connectivity index (χ0n) is 23.2. The number of aromatic carboxylic acids is 1. The monoisotopic (exact) mass is 648 g/mol. The molecule has 0 saturated carbocycles. The highest BCUT2D eigenvalue weighted by Crippen LogP contribution is 2.35. The number of carbonyl (C=O) groups is 1. The summed E-state index contributed by atoms with van der Waals surface area (Å²) < 4.78 is 96.6. The van der Waals surface area contributed by atoms with E-state index in [-0.39, 0.29) is 45.8 Å². The van der Waals surface area contributed by atoms with Crippen molar-refractivity contribution < 1.29 is 45.7 Å². The third kappa shape index (κ3) is 6.09. The average molecular weight is 649 g/mol. The number of ether oxygens (including phenoxy) is 2. The van der Waals surface area contributed by atoms with Gasteiger partial charge in [0.15, 0.2) is 5.82 Å². The molecular formula is C30H22F6N4O4S. The predicted octanol–water partition coefficient (Wildman–Crippen LogP) is 7.07. The fourth-order valence-electron chi connectivity index (χ4n) is 5.15. The number of carboxylic acid groups (broad SMARTS) is 1. The molecule has 234 valence electrons. The number of aromatic nitrogens is 4. The molecule has 8 nitrogen and oxygen atoms in total. The molecule has 5 aromatic rings. The number of rotatable bonds is 8. The minimum Gasteiger partial charge on any atom is -0.478 e. The molecule has 0 bridgehead atoms. The molecule has 1 fully saturated rings. The van der Waals surface area contributed by atoms with Crippen LogP contribution in [0.4, 0.5) is 26.3 Å². The highest BCUT2D eigenvalue weighted by Gasteiger charge is 2.33. The normalized spacial score (nSPS) is 16.9. The largest absolute Gasteiger partial charge is 0.478 e. The Morgan fingerprint density at radius 2 is 1.87 bits per heavy atom. The van der Waals surface area contributed by atoms with Gasteiger partial charge in [-0.05, 0) is 48.0 Å². The van der Waals surface area contributed by atoms with Crippen LogP contribution in [0.5, 0.6) is 5.88 Å². The summed E-state index contributed by atoms with van der Waals surface area (Å²) in [6, 6.07) is 8.17. The molecule has 1 aliphatic heterocycles. The number of alkyl halides is 3. The number of nitrogens with zero attached hydrogens (tertiary/aromatic N) is 4. The van der Waals surface area contributed by atoms with Crippen LogP contribution in [0.25, 0.3) is 22.3 Å². The van der Waals surface area contributed by atoms with E-state index in [1.165, 1.54) is 12.1 Å². The van der Waals surface area contributed by atoms with Crippen LogP contribution in [0.2, 0.25) is 0 Å². The van der Waals surface area contributed by atoms with Gasteiger partial charge in [-0.2, -0.15) is 13.2 Å². The number of carboxylic acids is 1. The van der Waals surface area contributed by atoms with Gasteiger partial charge in [0.25, 0.3) is 5.88 Å². The highest BCUT2D eigenvalue weighted by molar-refractivity contribution is 7.11. The first-order valence-corrected chi connectivity index (χ1v) is 14.3. The zero-order chi connectivity index (χ0) is 32.0. The minimum atomic E-state index is -4.59. The molecule has 45 heavy (non-hydrogen) atoms. The Kier molecular flexibility index (Phi) is 7.99. The van der Waals surface area contributed by atoms with E-state index in [1.54, 1.807) is 6.07 Å². The first-order valence-electron chi connectivity index (χ1n) is 13.5. The van der Waals surface area contributed by atoms with Crippen LogP contribution < -0.4 is 4.74 Å². The lowest BCUT2D eigenvalue weighted by atomic mass is 10.0. The molecular weight excluding hydrogens is 626 g/mol. The van der Waals surface area contributed by atoms with Crippen LogP contribution in [0.15, 0.2) is 48.7 Å². The van der Waals surface area contributed by atoms with Crippen molar-refractivity contribution in [3.8, 4) is 17.1 Å². The SMILES string of the molecule is C[C@H]1COC[C@H]1n1c(Cc2cc(F)c(-c3ccc(F)c(OCc4ncc(C(F)(F)F)s4)n3)cc2F)nc2ccc(C(=O)O)cc21. The van der Waals surface area contributed by atoms with Crippen molar-refractivity contribution in [3.63, 3.8) is 0 Å². The van der Waals surface area contributed by atoms with Crippen molar-refractivity contribution in [1.29, 1.82) is 0 Å². The van der Waals surface area contributed by atoms with E-state index < -0.39 is 47.0 Å². The van der Waals surface area contributed by atoms with Crippen molar-refractivity contribution >= 4 is 28.3 Å². The van der Waals surface area contributed by atoms with E-state index in [4.69, 9.17) is 9.47 Å². The summed E-state index contributed by atoms with van der Waals surface area (Å²) in [7, 11) is 0. The fourth-order valence-corrected chi connectivity index (χ4v) is 5.85. The molecule has 3 aromatic heterocycles. The second-order valence-electron chi connectivity index (χ2n) is 10.5. The number of thiazole rings is 1. The van der Waals surface area contributed by atoms with Crippen molar-refractivity contribution in [2.45, 2.75) is 32.2 Å². The summed E-state index contributed by atoms with van der Waals surface area (Å²) >= 11 is 0.323. The number of pyridine rings is 1. The summed E-state index contributed by atoms with van der Waals surface area (Å²) in [5.74, 6) is -3.95. The lowest BCUT2D eigenvalue weighted by Crippen LogP contribution is -2.18. The number of fused-ring (bicyclic) bond motifs is 1. The number of hydrogen-bond acceptors (Lipinski definition) is 7. The smallest absolute Gasteiger partial charge is 0.427 e. The molecule has 0 amide bonds. The molecule has 6 rings (SSSR count). The molecule has 2 atom stereocenters. The molecule has 0 aliphatic carbocycles. The maximum Gasteiger partial charge on any atom is 0.427 e. The van der Waals surface area contributed by atoms with Gasteiger partial charge < -0.3 is 19.1 Å². The predicted molar refractivity (Wildman–Crippen MR) is 150 cm³/mol. The second-order valence-corrected chi connectivity index (χ2v) is 11.6. The molecule has 2 aromatic carbocycles. The second kappa shape index (κ2) is 11.8. The van der Waals surface area contributed by atoms with Crippen LogP contribution in [-0.2, 0) is 23.9 Å². The third-order valence-corrected chi connectivity index (χ3v) is 8.42. The van der Waals surface area contributed by atoms with E-state index in [0.717, 1.165) is 24.3 Å². The van der Waals surface area contributed by atoms with Gasteiger partial charge in [0.2, 0.25) is 0 Å². The van der Waals surface area contributed by atoms with Gasteiger partial charge in [0.05, 0.1) is 47.7 Å². The van der Waals surface area contributed by atoms with Gasteiger partial charge in [0, 0.05) is 17.9 Å². The molecule has 0 radical (unpaired) electrons. The fraction of sp³-hybridized carbons (Fsp3) is 0.267. The van der Waals surface area contributed by atoms with Crippen molar-refractivity contribution in [1.82, 2.24) is 19.5 Å². The number of imidazole rings is 1. The molecule has 0 unspecified atom stereocenters. The Labute approximate surface area is 254 Å². The molecule has 1 saturated heterocycles. The Morgan fingerprint density at radius 3 is 2.56 bits per heavy atom. The Balaban J connectivity index is 1.29. The quantitative estimate of drug-likeness (QED) is 0.180. The summed E-state index contributed by atoms with van der Waals surface area (Å²) in [6.07, 6.45) is -4.09. The standard InChI is InChI=1S/C30H22F6N4O4S/c1-14-11-43-12-24(14)40-23-7-15(29(41)42)2-4-22(23)38-26(40)8-16-6-20(33)17(9-19(16)32)21-5-3-18(31)28(39-21)44-13-27-37-10-25(45-27)30(34,35)36/h2-7,9-10,14,24H,8,11-13H2,1H3,(H,41,42)/t14-,24+/m0/s1. The van der Waals surface area contributed by atoms with E-state index >= 15 is 8.78 Å². The lowest BCUT2D eigenvalue weighted by Gasteiger charge is -2.20. The minimum absolute atomic E-state index is 0.0411. The van der Waals surface area contributed by atoms with E-state index in [0.29, 0.717) is 47.6 Å². The maximum atomic E-state index is 15.5. The summed E-state index contributed by atoms with van der Waals surface area (Å²) in [5.41, 5.74) is 0.556. The van der Waals surface area contributed by atoms with E-state index in [2.05, 4.69) is 15.0 Å². The summed E-state index contributed by atoms with van der Waals surface area (Å²) in [5, 5.41) is 9.42. The van der Waals surface area contributed by atoms with Crippen LogP contribution in [0.1, 0.15) is 44.6 Å². The van der Waals surface area contributed by atoms with Crippen molar-refractivity contribution in [2.75, 3.05) is 13.2 Å². The Bertz CT molecular complexity index is 1920. The van der Waals surface area contributed by atoms with Crippen LogP contribution >= 0.6 is 11.3 Å². The molecule has 4 heterocycles. The van der Waals surface area contributed by atoms with Gasteiger partial charge in [-0.1, -0.05) is 6.92 Å². The number of halogens is 6. The van der Waals surface area contributed by atoms with Gasteiger partial charge in [-0.3, -0.25) is 0 Å². The third-order valence-electron chi connectivity index (χ3n) is 7.41. The number of hydrogen-bond donors (Lipinski definition) is 1. The van der Waals surface area contributed by atoms with Crippen molar-refractivity contribution in [2.24, 2.45) is 5.92 Å². The Hall–Kier alpha value is -4.50. The van der Waals surface area contributed by atoms with E-state index in [9.17, 15) is 27.5 Å².